The van der Waals surface area contributed by atoms with Gasteiger partial charge < -0.3 is 15.0 Å². The molecule has 0 aliphatic heterocycles. The van der Waals surface area contributed by atoms with Gasteiger partial charge in [0.2, 0.25) is 0 Å². The molecule has 0 unspecified atom stereocenters. The van der Waals surface area contributed by atoms with Crippen molar-refractivity contribution in [1.29, 1.82) is 0 Å². The van der Waals surface area contributed by atoms with Crippen molar-refractivity contribution in [3.8, 4) is 0 Å². The molecule has 0 bridgehead atoms. The number of amides is 1. The van der Waals surface area contributed by atoms with Crippen LogP contribution in [0.1, 0.15) is 30.1 Å². The number of anilines is 1. The molecule has 1 aromatic carbocycles. The summed E-state index contributed by atoms with van der Waals surface area (Å²) >= 11 is 0. The van der Waals surface area contributed by atoms with Gasteiger partial charge in [-0.15, -0.1) is 0 Å². The molecule has 0 spiro atoms. The molecule has 1 amide bonds. The zero-order chi connectivity index (χ0) is 15.0. The lowest BCUT2D eigenvalue weighted by molar-refractivity contribution is -0.140. The lowest BCUT2D eigenvalue weighted by Crippen LogP contribution is -2.30. The van der Waals surface area contributed by atoms with Crippen LogP contribution in [-0.2, 0) is 9.53 Å². The number of rotatable bonds is 7. The Morgan fingerprint density at radius 3 is 2.65 bits per heavy atom. The first-order valence-electron chi connectivity index (χ1n) is 6.75. The quantitative estimate of drug-likeness (QED) is 0.776. The minimum Gasteiger partial charge on any atom is -0.469 e. The van der Waals surface area contributed by atoms with E-state index in [9.17, 15) is 9.59 Å². The van der Waals surface area contributed by atoms with Gasteiger partial charge in [-0.1, -0.05) is 19.1 Å². The van der Waals surface area contributed by atoms with Crippen LogP contribution in [0, 0.1) is 0 Å². The van der Waals surface area contributed by atoms with Crippen molar-refractivity contribution >= 4 is 17.6 Å². The number of esters is 1. The molecular weight excluding hydrogens is 256 g/mol. The predicted octanol–water partition coefficient (Wildman–Crippen LogP) is 2.14. The fourth-order valence-electron chi connectivity index (χ4n) is 1.75. The molecule has 110 valence electrons. The third-order valence-corrected chi connectivity index (χ3v) is 2.95. The highest BCUT2D eigenvalue weighted by molar-refractivity contribution is 5.99. The van der Waals surface area contributed by atoms with Crippen molar-refractivity contribution in [2.24, 2.45) is 0 Å². The Morgan fingerprint density at radius 2 is 2.00 bits per heavy atom. The summed E-state index contributed by atoms with van der Waals surface area (Å²) in [6.45, 7) is 3.23. The van der Waals surface area contributed by atoms with Gasteiger partial charge in [-0.25, -0.2) is 0 Å². The standard InChI is InChI=1S/C15H22N2O3/c1-4-10-16-13-8-6-5-7-12(13)15(19)17(2)11-9-14(18)20-3/h5-8,16H,4,9-11H2,1-3H3. The lowest BCUT2D eigenvalue weighted by atomic mass is 10.1. The summed E-state index contributed by atoms with van der Waals surface area (Å²) in [4.78, 5) is 25.0. The Morgan fingerprint density at radius 1 is 1.30 bits per heavy atom. The molecule has 1 N–H and O–H groups in total. The summed E-state index contributed by atoms with van der Waals surface area (Å²) in [6.07, 6.45) is 1.18. The van der Waals surface area contributed by atoms with E-state index in [1.807, 2.05) is 18.2 Å². The average Bonchev–Trinajstić information content (AvgIpc) is 2.49. The minimum atomic E-state index is -0.318. The second kappa shape index (κ2) is 8.19. The number of benzene rings is 1. The molecule has 1 aromatic rings. The zero-order valence-electron chi connectivity index (χ0n) is 12.3. The first-order chi connectivity index (χ1) is 9.60. The number of ether oxygens (including phenoxy) is 1. The topological polar surface area (TPSA) is 58.6 Å². The smallest absolute Gasteiger partial charge is 0.307 e. The van der Waals surface area contributed by atoms with Crippen LogP contribution in [0.3, 0.4) is 0 Å². The van der Waals surface area contributed by atoms with Gasteiger partial charge in [-0.3, -0.25) is 9.59 Å². The summed E-state index contributed by atoms with van der Waals surface area (Å²) in [5.41, 5.74) is 1.44. The fraction of sp³-hybridized carbons (Fsp3) is 0.467. The molecule has 0 saturated heterocycles. The first-order valence-corrected chi connectivity index (χ1v) is 6.75. The number of hydrogen-bond acceptors (Lipinski definition) is 4. The maximum Gasteiger partial charge on any atom is 0.307 e. The van der Waals surface area contributed by atoms with Crippen LogP contribution in [0.4, 0.5) is 5.69 Å². The van der Waals surface area contributed by atoms with E-state index in [2.05, 4.69) is 17.0 Å². The first kappa shape index (κ1) is 16.0. The van der Waals surface area contributed by atoms with Gasteiger partial charge in [-0.05, 0) is 18.6 Å². The molecule has 0 aromatic heterocycles. The molecule has 0 aliphatic rings. The second-order valence-electron chi connectivity index (χ2n) is 4.53. The second-order valence-corrected chi connectivity index (χ2v) is 4.53. The number of para-hydroxylation sites is 1. The van der Waals surface area contributed by atoms with Crippen molar-refractivity contribution in [3.05, 3.63) is 29.8 Å². The summed E-state index contributed by atoms with van der Waals surface area (Å²) < 4.78 is 4.57. The normalized spacial score (nSPS) is 9.95. The van der Waals surface area contributed by atoms with Crippen LogP contribution in [0.25, 0.3) is 0 Å². The largest absolute Gasteiger partial charge is 0.469 e. The SMILES string of the molecule is CCCNc1ccccc1C(=O)N(C)CCC(=O)OC. The van der Waals surface area contributed by atoms with E-state index in [1.54, 1.807) is 13.1 Å². The van der Waals surface area contributed by atoms with E-state index in [0.717, 1.165) is 18.7 Å². The van der Waals surface area contributed by atoms with E-state index >= 15 is 0 Å². The third-order valence-electron chi connectivity index (χ3n) is 2.95. The van der Waals surface area contributed by atoms with Crippen molar-refractivity contribution in [1.82, 2.24) is 4.90 Å². The molecule has 0 heterocycles. The maximum absolute atomic E-state index is 12.4. The Bertz CT molecular complexity index is 460. The van der Waals surface area contributed by atoms with E-state index in [4.69, 9.17) is 0 Å². The van der Waals surface area contributed by atoms with Gasteiger partial charge in [0.15, 0.2) is 0 Å². The van der Waals surface area contributed by atoms with Gasteiger partial charge in [0.25, 0.3) is 5.91 Å². The van der Waals surface area contributed by atoms with Crippen LogP contribution in [0.15, 0.2) is 24.3 Å². The van der Waals surface area contributed by atoms with E-state index < -0.39 is 0 Å². The van der Waals surface area contributed by atoms with Crippen molar-refractivity contribution in [3.63, 3.8) is 0 Å². The predicted molar refractivity (Wildman–Crippen MR) is 78.8 cm³/mol. The summed E-state index contributed by atoms with van der Waals surface area (Å²) in [5.74, 6) is -0.421. The highest BCUT2D eigenvalue weighted by Gasteiger charge is 2.16. The zero-order valence-corrected chi connectivity index (χ0v) is 12.3. The Hall–Kier alpha value is -2.04. The van der Waals surface area contributed by atoms with E-state index in [-0.39, 0.29) is 18.3 Å². The number of carbonyl (C=O) groups is 2. The monoisotopic (exact) mass is 278 g/mol. The number of carbonyl (C=O) groups excluding carboxylic acids is 2. The maximum atomic E-state index is 12.4. The third kappa shape index (κ3) is 4.57. The molecule has 0 atom stereocenters. The number of nitrogens with zero attached hydrogens (tertiary/aromatic N) is 1. The molecular formula is C15H22N2O3. The minimum absolute atomic E-state index is 0.104. The van der Waals surface area contributed by atoms with Gasteiger partial charge in [-0.2, -0.15) is 0 Å². The summed E-state index contributed by atoms with van der Waals surface area (Å²) in [6, 6.07) is 7.40. The Labute approximate surface area is 119 Å². The van der Waals surface area contributed by atoms with Crippen LogP contribution in [-0.4, -0.2) is 44.0 Å². The average molecular weight is 278 g/mol. The van der Waals surface area contributed by atoms with Crippen molar-refractivity contribution in [2.45, 2.75) is 19.8 Å². The van der Waals surface area contributed by atoms with Crippen LogP contribution in [0.2, 0.25) is 0 Å². The molecule has 0 aliphatic carbocycles. The van der Waals surface area contributed by atoms with Gasteiger partial charge in [0, 0.05) is 25.8 Å². The van der Waals surface area contributed by atoms with E-state index in [0.29, 0.717) is 12.1 Å². The lowest BCUT2D eigenvalue weighted by Gasteiger charge is -2.19. The molecule has 20 heavy (non-hydrogen) atoms. The van der Waals surface area contributed by atoms with Crippen LogP contribution in [0.5, 0.6) is 0 Å². The molecule has 0 saturated carbocycles. The van der Waals surface area contributed by atoms with Crippen LogP contribution < -0.4 is 5.32 Å². The molecule has 5 heteroatoms. The molecule has 0 fully saturated rings. The summed E-state index contributed by atoms with van der Waals surface area (Å²) in [5, 5.41) is 3.24. The van der Waals surface area contributed by atoms with Crippen LogP contribution >= 0.6 is 0 Å². The Kier molecular flexibility index (Phi) is 6.56. The molecule has 5 nitrogen and oxygen atoms in total. The number of hydrogen-bond donors (Lipinski definition) is 1. The van der Waals surface area contributed by atoms with Crippen molar-refractivity contribution in [2.75, 3.05) is 32.6 Å². The number of nitrogens with one attached hydrogen (secondary N) is 1. The highest BCUT2D eigenvalue weighted by Crippen LogP contribution is 2.17. The fourth-order valence-corrected chi connectivity index (χ4v) is 1.75. The summed E-state index contributed by atoms with van der Waals surface area (Å²) in [7, 11) is 3.02. The van der Waals surface area contributed by atoms with Gasteiger partial charge in [0.05, 0.1) is 19.1 Å². The molecule has 1 rings (SSSR count). The van der Waals surface area contributed by atoms with Gasteiger partial charge >= 0.3 is 5.97 Å². The van der Waals surface area contributed by atoms with Crippen molar-refractivity contribution < 1.29 is 14.3 Å². The number of methoxy groups -OCH3 is 1. The molecule has 0 radical (unpaired) electrons. The Balaban J connectivity index is 2.72. The van der Waals surface area contributed by atoms with E-state index in [1.165, 1.54) is 12.0 Å². The van der Waals surface area contributed by atoms with Gasteiger partial charge in [0.1, 0.15) is 0 Å². The highest BCUT2D eigenvalue weighted by atomic mass is 16.5.